The molecular formula is C28H23N2OS+. The largest absolute Gasteiger partial charge is 0.347 e. The second-order valence-electron chi connectivity index (χ2n) is 8.70. The van der Waals surface area contributed by atoms with E-state index in [1.165, 1.54) is 26.5 Å². The highest BCUT2D eigenvalue weighted by molar-refractivity contribution is 7.99. The van der Waals surface area contributed by atoms with Gasteiger partial charge in [0.25, 0.3) is 5.65 Å². The van der Waals surface area contributed by atoms with Gasteiger partial charge in [-0.3, -0.25) is 0 Å². The van der Waals surface area contributed by atoms with Crippen LogP contribution in [0.2, 0.25) is 0 Å². The fourth-order valence-corrected chi connectivity index (χ4v) is 5.75. The molecule has 0 spiro atoms. The second kappa shape index (κ2) is 6.81. The van der Waals surface area contributed by atoms with E-state index in [0.29, 0.717) is 0 Å². The molecule has 0 bridgehead atoms. The predicted molar refractivity (Wildman–Crippen MR) is 133 cm³/mol. The van der Waals surface area contributed by atoms with Gasteiger partial charge in [-0.15, -0.1) is 0 Å². The second-order valence-corrected chi connectivity index (χ2v) is 9.82. The van der Waals surface area contributed by atoms with Crippen LogP contribution in [-0.4, -0.2) is 4.40 Å². The molecule has 4 heteroatoms. The van der Waals surface area contributed by atoms with Gasteiger partial charge in [0, 0.05) is 15.2 Å². The summed E-state index contributed by atoms with van der Waals surface area (Å²) in [6, 6.07) is 23.4. The summed E-state index contributed by atoms with van der Waals surface area (Å²) in [5.41, 5.74) is 6.72. The number of hydrogen-bond donors (Lipinski definition) is 0. The van der Waals surface area contributed by atoms with Gasteiger partial charge in [-0.05, 0) is 79.7 Å². The summed E-state index contributed by atoms with van der Waals surface area (Å²) < 4.78 is 4.06. The summed E-state index contributed by atoms with van der Waals surface area (Å²) >= 11 is 1.75. The lowest BCUT2D eigenvalue weighted by atomic mass is 10.0. The highest BCUT2D eigenvalue weighted by Crippen LogP contribution is 2.38. The molecule has 0 saturated heterocycles. The lowest BCUT2D eigenvalue weighted by Crippen LogP contribution is -2.29. The first kappa shape index (κ1) is 19.3. The van der Waals surface area contributed by atoms with Crippen LogP contribution in [0.3, 0.4) is 0 Å². The van der Waals surface area contributed by atoms with Crippen LogP contribution in [0, 0.1) is 20.8 Å². The summed E-state index contributed by atoms with van der Waals surface area (Å²) in [5.74, 6) is 0. The minimum Gasteiger partial charge on any atom is -0.240 e. The molecule has 0 atom stereocenters. The molecule has 0 amide bonds. The van der Waals surface area contributed by atoms with Crippen molar-refractivity contribution in [3.8, 4) is 0 Å². The molecule has 32 heavy (non-hydrogen) atoms. The molecule has 0 N–H and O–H groups in total. The van der Waals surface area contributed by atoms with Gasteiger partial charge in [0.15, 0.2) is 11.0 Å². The number of aryl methyl sites for hydroxylation is 4. The van der Waals surface area contributed by atoms with Crippen LogP contribution in [0.25, 0.3) is 38.2 Å². The van der Waals surface area contributed by atoms with E-state index in [9.17, 15) is 4.79 Å². The smallest absolute Gasteiger partial charge is 0.240 e. The van der Waals surface area contributed by atoms with Gasteiger partial charge in [-0.2, -0.15) is 4.40 Å². The maximum atomic E-state index is 13.8. The Hall–Kier alpha value is -3.37. The Bertz CT molecular complexity index is 1750. The standard InChI is InChI=1S/C28H23N2OS/c1-16-8-10-19(11-9-16)32-25-13-12-22-26-20(25)6-5-7-21(26)27-29(4)23-14-17(2)18(3)15-24(23)30(27)28(22)31/h5-15H,1-4H3/q+1. The number of benzene rings is 4. The minimum atomic E-state index is 0.0458. The normalized spacial score (nSPS) is 12.0. The summed E-state index contributed by atoms with van der Waals surface area (Å²) in [6.07, 6.45) is 0. The Morgan fingerprint density at radius 3 is 2.31 bits per heavy atom. The average molecular weight is 436 g/mol. The van der Waals surface area contributed by atoms with Crippen molar-refractivity contribution in [2.24, 2.45) is 7.05 Å². The number of fused-ring (bicyclic) bond motifs is 4. The fourth-order valence-electron chi connectivity index (χ4n) is 4.81. The third-order valence-electron chi connectivity index (χ3n) is 6.65. The van der Waals surface area contributed by atoms with E-state index in [-0.39, 0.29) is 5.56 Å². The lowest BCUT2D eigenvalue weighted by Gasteiger charge is -2.10. The lowest BCUT2D eigenvalue weighted by molar-refractivity contribution is -0.617. The first-order valence-corrected chi connectivity index (χ1v) is 11.6. The maximum absolute atomic E-state index is 13.8. The quantitative estimate of drug-likeness (QED) is 0.307. The van der Waals surface area contributed by atoms with Crippen LogP contribution < -0.4 is 10.1 Å². The topological polar surface area (TPSA) is 25.4 Å². The van der Waals surface area contributed by atoms with Crippen LogP contribution in [0.1, 0.15) is 16.7 Å². The number of pyridine rings is 1. The Kier molecular flexibility index (Phi) is 4.11. The monoisotopic (exact) mass is 435 g/mol. The van der Waals surface area contributed by atoms with Crippen molar-refractivity contribution in [1.82, 2.24) is 4.40 Å². The molecular weight excluding hydrogens is 412 g/mol. The molecule has 4 aromatic carbocycles. The Balaban J connectivity index is 1.73. The van der Waals surface area contributed by atoms with Crippen molar-refractivity contribution < 1.29 is 4.57 Å². The van der Waals surface area contributed by atoms with Crippen LogP contribution in [0.15, 0.2) is 81.3 Å². The van der Waals surface area contributed by atoms with E-state index in [4.69, 9.17) is 0 Å². The van der Waals surface area contributed by atoms with E-state index in [2.05, 4.69) is 93.0 Å². The first-order valence-electron chi connectivity index (χ1n) is 10.8. The van der Waals surface area contributed by atoms with Crippen LogP contribution in [-0.2, 0) is 7.05 Å². The van der Waals surface area contributed by atoms with Gasteiger partial charge < -0.3 is 0 Å². The van der Waals surface area contributed by atoms with Crippen molar-refractivity contribution in [2.75, 3.05) is 0 Å². The van der Waals surface area contributed by atoms with E-state index in [0.717, 1.165) is 38.2 Å². The molecule has 0 aliphatic carbocycles. The molecule has 2 aromatic heterocycles. The molecule has 0 aliphatic heterocycles. The average Bonchev–Trinajstić information content (AvgIpc) is 3.06. The number of nitrogens with zero attached hydrogens (tertiary/aromatic N) is 2. The summed E-state index contributed by atoms with van der Waals surface area (Å²) in [7, 11) is 2.06. The number of imidazole rings is 1. The van der Waals surface area contributed by atoms with Crippen molar-refractivity contribution in [3.05, 3.63) is 93.8 Å². The van der Waals surface area contributed by atoms with Crippen molar-refractivity contribution in [3.63, 3.8) is 0 Å². The maximum Gasteiger partial charge on any atom is 0.347 e. The molecule has 6 aromatic rings. The molecule has 0 aliphatic rings. The molecule has 0 saturated carbocycles. The molecule has 156 valence electrons. The summed E-state index contributed by atoms with van der Waals surface area (Å²) in [6.45, 7) is 6.33. The fraction of sp³-hybridized carbons (Fsp3) is 0.143. The number of hydrogen-bond acceptors (Lipinski definition) is 2. The highest BCUT2D eigenvalue weighted by Gasteiger charge is 2.26. The summed E-state index contributed by atoms with van der Waals surface area (Å²) in [4.78, 5) is 16.1. The SMILES string of the molecule is Cc1ccc(Sc2ccc3c(=O)n4c5cc(C)c(C)cc5[n+](C)c4c4cccc2c34)cc1. The molecule has 6 rings (SSSR count). The van der Waals surface area contributed by atoms with E-state index in [1.807, 2.05) is 10.5 Å². The van der Waals surface area contributed by atoms with Crippen LogP contribution >= 0.6 is 11.8 Å². The third-order valence-corrected chi connectivity index (χ3v) is 7.73. The Labute approximate surface area is 190 Å². The minimum absolute atomic E-state index is 0.0458. The van der Waals surface area contributed by atoms with Gasteiger partial charge in [0.1, 0.15) is 0 Å². The summed E-state index contributed by atoms with van der Waals surface area (Å²) in [5, 5.41) is 4.06. The highest BCUT2D eigenvalue weighted by atomic mass is 32.2. The zero-order chi connectivity index (χ0) is 22.1. The van der Waals surface area contributed by atoms with Gasteiger partial charge in [0.2, 0.25) is 0 Å². The van der Waals surface area contributed by atoms with E-state index >= 15 is 0 Å². The molecule has 2 heterocycles. The molecule has 0 fully saturated rings. The molecule has 0 radical (unpaired) electrons. The zero-order valence-electron chi connectivity index (χ0n) is 18.6. The van der Waals surface area contributed by atoms with E-state index < -0.39 is 0 Å². The van der Waals surface area contributed by atoms with Gasteiger partial charge in [0.05, 0.1) is 17.8 Å². The van der Waals surface area contributed by atoms with Gasteiger partial charge in [-0.1, -0.05) is 41.6 Å². The van der Waals surface area contributed by atoms with E-state index in [1.54, 1.807) is 11.8 Å². The van der Waals surface area contributed by atoms with Crippen LogP contribution in [0.4, 0.5) is 0 Å². The Morgan fingerprint density at radius 1 is 0.812 bits per heavy atom. The van der Waals surface area contributed by atoms with Crippen LogP contribution in [0.5, 0.6) is 0 Å². The van der Waals surface area contributed by atoms with Crippen molar-refractivity contribution in [2.45, 2.75) is 30.6 Å². The predicted octanol–water partition coefficient (Wildman–Crippen LogP) is 6.10. The number of aromatic nitrogens is 2. The van der Waals surface area contributed by atoms with Crippen molar-refractivity contribution in [1.29, 1.82) is 0 Å². The first-order chi connectivity index (χ1) is 15.4. The molecule has 3 nitrogen and oxygen atoms in total. The zero-order valence-corrected chi connectivity index (χ0v) is 19.4. The molecule has 0 unspecified atom stereocenters. The van der Waals surface area contributed by atoms with Gasteiger partial charge >= 0.3 is 5.56 Å². The Morgan fingerprint density at radius 2 is 1.53 bits per heavy atom. The third kappa shape index (κ3) is 2.63. The van der Waals surface area contributed by atoms with Gasteiger partial charge in [-0.25, -0.2) is 9.36 Å². The number of rotatable bonds is 2. The van der Waals surface area contributed by atoms with Crippen molar-refractivity contribution >= 4 is 50.0 Å².